The molecular formula is C70H136O17P2. The Morgan fingerprint density at radius 2 is 0.573 bits per heavy atom. The number of unbranched alkanes of at least 4 members (excludes halogenated alkanes) is 35. The summed E-state index contributed by atoms with van der Waals surface area (Å²) in [6, 6.07) is 0. The molecule has 0 fully saturated rings. The van der Waals surface area contributed by atoms with Gasteiger partial charge in [-0.2, -0.15) is 0 Å². The highest BCUT2D eigenvalue weighted by Gasteiger charge is 2.30. The van der Waals surface area contributed by atoms with Crippen molar-refractivity contribution in [2.75, 3.05) is 39.6 Å². The largest absolute Gasteiger partial charge is 0.472 e. The topological polar surface area (TPSA) is 237 Å². The smallest absolute Gasteiger partial charge is 0.462 e. The highest BCUT2D eigenvalue weighted by molar-refractivity contribution is 7.47. The van der Waals surface area contributed by atoms with E-state index in [-0.39, 0.29) is 25.7 Å². The van der Waals surface area contributed by atoms with Gasteiger partial charge in [-0.3, -0.25) is 37.3 Å². The maximum Gasteiger partial charge on any atom is 0.472 e. The van der Waals surface area contributed by atoms with E-state index in [2.05, 4.69) is 48.5 Å². The third-order valence-corrected chi connectivity index (χ3v) is 18.4. The quantitative estimate of drug-likeness (QED) is 0.0222. The number of aliphatic hydroxyl groups excluding tert-OH is 1. The van der Waals surface area contributed by atoms with Crippen molar-refractivity contribution in [3.8, 4) is 0 Å². The molecule has 3 unspecified atom stereocenters. The number of phosphoric ester groups is 2. The zero-order valence-electron chi connectivity index (χ0n) is 57.9. The van der Waals surface area contributed by atoms with Gasteiger partial charge >= 0.3 is 39.5 Å². The highest BCUT2D eigenvalue weighted by Crippen LogP contribution is 2.45. The maximum absolute atomic E-state index is 13.0. The molecule has 0 rings (SSSR count). The van der Waals surface area contributed by atoms with E-state index in [0.29, 0.717) is 25.7 Å². The first-order valence-corrected chi connectivity index (χ1v) is 39.4. The summed E-state index contributed by atoms with van der Waals surface area (Å²) in [4.78, 5) is 72.5. The van der Waals surface area contributed by atoms with E-state index in [0.717, 1.165) is 114 Å². The number of hydrogen-bond acceptors (Lipinski definition) is 15. The summed E-state index contributed by atoms with van der Waals surface area (Å²) in [6.45, 7) is 11.8. The number of phosphoric acid groups is 2. The number of ether oxygens (including phenoxy) is 4. The van der Waals surface area contributed by atoms with Crippen molar-refractivity contribution < 1.29 is 80.2 Å². The predicted molar refractivity (Wildman–Crippen MR) is 358 cm³/mol. The van der Waals surface area contributed by atoms with Gasteiger partial charge in [-0.15, -0.1) is 0 Å². The first-order chi connectivity index (χ1) is 42.8. The predicted octanol–water partition coefficient (Wildman–Crippen LogP) is 19.8. The lowest BCUT2D eigenvalue weighted by atomic mass is 10.00. The van der Waals surface area contributed by atoms with E-state index in [9.17, 15) is 43.2 Å². The summed E-state index contributed by atoms with van der Waals surface area (Å²) in [7, 11) is -9.90. The Kier molecular flexibility index (Phi) is 59.6. The molecule has 0 bridgehead atoms. The standard InChI is InChI=1S/C70H136O17P2/c1-8-10-11-12-13-14-15-18-25-30-39-46-53-69(74)87-66(58-81-68(73)52-45-38-33-32-36-43-50-63(7)9-2)60-85-89(78,79)83-56-64(71)55-82-88(76,77)84-59-65(57-80-67(72)51-44-37-29-24-21-20-23-28-35-42-49-62(5)6)86-70(75)54-47-40-31-26-19-16-17-22-27-34-41-48-61(3)4/h61-66,71H,8-60H2,1-7H3,(H,76,77)(H,78,79)/t63?,64-,65-,66-/m1/s1. The summed E-state index contributed by atoms with van der Waals surface area (Å²) in [5.41, 5.74) is 0. The summed E-state index contributed by atoms with van der Waals surface area (Å²) in [5.74, 6) is 0.129. The van der Waals surface area contributed by atoms with Crippen LogP contribution in [0.1, 0.15) is 350 Å². The minimum absolute atomic E-state index is 0.106. The molecule has 3 N–H and O–H groups in total. The number of rotatable bonds is 68. The molecule has 0 aromatic heterocycles. The Morgan fingerprint density at radius 1 is 0.326 bits per heavy atom. The van der Waals surface area contributed by atoms with Crippen LogP contribution in [0.3, 0.4) is 0 Å². The lowest BCUT2D eigenvalue weighted by Gasteiger charge is -2.21. The van der Waals surface area contributed by atoms with E-state index < -0.39 is 97.5 Å². The molecule has 0 aliphatic heterocycles. The van der Waals surface area contributed by atoms with E-state index in [4.69, 9.17) is 37.0 Å². The second-order valence-electron chi connectivity index (χ2n) is 26.5. The van der Waals surface area contributed by atoms with Gasteiger partial charge in [-0.25, -0.2) is 9.13 Å². The number of esters is 4. The van der Waals surface area contributed by atoms with Gasteiger partial charge in [-0.05, 0) is 43.4 Å². The number of aliphatic hydroxyl groups is 1. The number of carbonyl (C=O) groups excluding carboxylic acids is 4. The molecule has 0 spiro atoms. The Labute approximate surface area is 543 Å². The minimum atomic E-state index is -4.95. The Hall–Kier alpha value is -1.94. The third-order valence-electron chi connectivity index (χ3n) is 16.5. The molecule has 19 heteroatoms. The van der Waals surface area contributed by atoms with Crippen LogP contribution in [0.5, 0.6) is 0 Å². The lowest BCUT2D eigenvalue weighted by molar-refractivity contribution is -0.161. The van der Waals surface area contributed by atoms with Crippen LogP contribution in [0.4, 0.5) is 0 Å². The SMILES string of the molecule is CCCCCCCCCCCCCCC(=O)O[C@H](COC(=O)CCCCCCCCC(C)CC)COP(=O)(O)OC[C@H](O)COP(=O)(O)OC[C@@H](COC(=O)CCCCCCCCCCCCC(C)C)OC(=O)CCCCCCCCCCCCCC(C)C. The monoisotopic (exact) mass is 1310 g/mol. The van der Waals surface area contributed by atoms with Crippen molar-refractivity contribution in [3.63, 3.8) is 0 Å². The average Bonchev–Trinajstić information content (AvgIpc) is 3.65. The Morgan fingerprint density at radius 3 is 0.854 bits per heavy atom. The molecule has 0 saturated carbocycles. The van der Waals surface area contributed by atoms with Gasteiger partial charge in [0.05, 0.1) is 26.4 Å². The molecule has 17 nitrogen and oxygen atoms in total. The van der Waals surface area contributed by atoms with Crippen LogP contribution in [0.2, 0.25) is 0 Å². The van der Waals surface area contributed by atoms with Gasteiger partial charge in [0.1, 0.15) is 19.3 Å². The van der Waals surface area contributed by atoms with Crippen molar-refractivity contribution in [1.29, 1.82) is 0 Å². The fourth-order valence-electron chi connectivity index (χ4n) is 10.5. The summed E-state index contributed by atoms with van der Waals surface area (Å²) >= 11 is 0. The van der Waals surface area contributed by atoms with Crippen LogP contribution in [0, 0.1) is 17.8 Å². The number of hydrogen-bond donors (Lipinski definition) is 3. The van der Waals surface area contributed by atoms with Crippen LogP contribution in [0.25, 0.3) is 0 Å². The first-order valence-electron chi connectivity index (χ1n) is 36.4. The minimum Gasteiger partial charge on any atom is -0.462 e. The fourth-order valence-corrected chi connectivity index (χ4v) is 12.1. The molecular weight excluding hydrogens is 1170 g/mol. The second-order valence-corrected chi connectivity index (χ2v) is 29.4. The van der Waals surface area contributed by atoms with Crippen molar-refractivity contribution in [3.05, 3.63) is 0 Å². The molecule has 0 heterocycles. The van der Waals surface area contributed by atoms with Crippen LogP contribution < -0.4 is 0 Å². The average molecular weight is 1310 g/mol. The van der Waals surface area contributed by atoms with Gasteiger partial charge < -0.3 is 33.8 Å². The molecule has 0 aromatic carbocycles. The molecule has 0 aliphatic carbocycles. The van der Waals surface area contributed by atoms with E-state index in [1.54, 1.807) is 0 Å². The normalized spacial score (nSPS) is 14.5. The first kappa shape index (κ1) is 87.1. The van der Waals surface area contributed by atoms with E-state index >= 15 is 0 Å². The lowest BCUT2D eigenvalue weighted by Crippen LogP contribution is -2.30. The molecule has 528 valence electrons. The summed E-state index contributed by atoms with van der Waals surface area (Å²) < 4.78 is 68.3. The third kappa shape index (κ3) is 63.2. The van der Waals surface area contributed by atoms with E-state index in [1.807, 2.05) is 0 Å². The van der Waals surface area contributed by atoms with Crippen LogP contribution >= 0.6 is 15.6 Å². The van der Waals surface area contributed by atoms with E-state index in [1.165, 1.54) is 154 Å². The van der Waals surface area contributed by atoms with Crippen LogP contribution in [-0.4, -0.2) is 96.7 Å². The van der Waals surface area contributed by atoms with Crippen LogP contribution in [-0.2, 0) is 65.4 Å². The van der Waals surface area contributed by atoms with Gasteiger partial charge in [-0.1, -0.05) is 299 Å². The van der Waals surface area contributed by atoms with Gasteiger partial charge in [0.15, 0.2) is 12.2 Å². The maximum atomic E-state index is 13.0. The molecule has 6 atom stereocenters. The molecule has 0 aromatic rings. The van der Waals surface area contributed by atoms with Crippen molar-refractivity contribution >= 4 is 39.5 Å². The van der Waals surface area contributed by atoms with Crippen molar-refractivity contribution in [2.24, 2.45) is 17.8 Å². The summed E-state index contributed by atoms with van der Waals surface area (Å²) in [6.07, 6.45) is 44.3. The zero-order chi connectivity index (χ0) is 65.9. The van der Waals surface area contributed by atoms with Gasteiger partial charge in [0, 0.05) is 25.7 Å². The molecule has 0 radical (unpaired) electrons. The fraction of sp³-hybridized carbons (Fsp3) is 0.943. The van der Waals surface area contributed by atoms with Gasteiger partial charge in [0.2, 0.25) is 0 Å². The highest BCUT2D eigenvalue weighted by atomic mass is 31.2. The number of carbonyl (C=O) groups is 4. The Bertz CT molecular complexity index is 1750. The Balaban J connectivity index is 5.26. The summed E-state index contributed by atoms with van der Waals surface area (Å²) in [5, 5.41) is 10.6. The van der Waals surface area contributed by atoms with Gasteiger partial charge in [0.25, 0.3) is 0 Å². The molecule has 0 saturated heterocycles. The zero-order valence-corrected chi connectivity index (χ0v) is 59.7. The second kappa shape index (κ2) is 61.0. The van der Waals surface area contributed by atoms with Crippen molar-refractivity contribution in [1.82, 2.24) is 0 Å². The molecule has 89 heavy (non-hydrogen) atoms. The van der Waals surface area contributed by atoms with Crippen molar-refractivity contribution in [2.45, 2.75) is 369 Å². The van der Waals surface area contributed by atoms with Crippen LogP contribution in [0.15, 0.2) is 0 Å². The molecule has 0 amide bonds. The molecule has 0 aliphatic rings.